The number of aliphatic hydroxyl groups excluding tert-OH is 1. The summed E-state index contributed by atoms with van der Waals surface area (Å²) in [4.78, 5) is 0. The predicted molar refractivity (Wildman–Crippen MR) is 61.6 cm³/mol. The highest BCUT2D eigenvalue weighted by Gasteiger charge is 2.26. The van der Waals surface area contributed by atoms with Gasteiger partial charge in [0.2, 0.25) is 0 Å². The Morgan fingerprint density at radius 3 is 2.47 bits per heavy atom. The number of hydrogen-bond donors (Lipinski definition) is 2. The fourth-order valence-corrected chi connectivity index (χ4v) is 1.35. The van der Waals surface area contributed by atoms with Crippen LogP contribution in [-0.4, -0.2) is 37.8 Å². The van der Waals surface area contributed by atoms with E-state index in [0.717, 1.165) is 11.3 Å². The third-order valence-corrected chi connectivity index (χ3v) is 2.36. The molecule has 1 aromatic carbocycles. The van der Waals surface area contributed by atoms with Crippen LogP contribution in [0.15, 0.2) is 24.3 Å². The van der Waals surface area contributed by atoms with Crippen LogP contribution in [0.4, 0.5) is 8.78 Å². The average molecular weight is 245 g/mol. The number of ether oxygens (including phenoxy) is 1. The number of benzene rings is 1. The molecule has 0 atom stereocenters. The first-order chi connectivity index (χ1) is 8.07. The summed E-state index contributed by atoms with van der Waals surface area (Å²) in [6, 6.07) is 7.45. The van der Waals surface area contributed by atoms with E-state index in [1.165, 1.54) is 0 Å². The molecule has 0 saturated heterocycles. The molecule has 0 spiro atoms. The first-order valence-corrected chi connectivity index (χ1v) is 5.40. The fraction of sp³-hybridized carbons (Fsp3) is 0.500. The average Bonchev–Trinajstić information content (AvgIpc) is 2.35. The zero-order valence-electron chi connectivity index (χ0n) is 9.75. The van der Waals surface area contributed by atoms with Gasteiger partial charge in [0.25, 0.3) is 5.92 Å². The van der Waals surface area contributed by atoms with Gasteiger partial charge in [0.1, 0.15) is 12.4 Å². The summed E-state index contributed by atoms with van der Waals surface area (Å²) in [5, 5.41) is 11.0. The van der Waals surface area contributed by atoms with E-state index in [-0.39, 0.29) is 0 Å². The molecule has 0 aromatic heterocycles. The number of rotatable bonds is 7. The molecule has 3 nitrogen and oxygen atoms in total. The van der Waals surface area contributed by atoms with Gasteiger partial charge in [-0.1, -0.05) is 12.1 Å². The van der Waals surface area contributed by atoms with Crippen molar-refractivity contribution in [2.45, 2.75) is 12.3 Å². The highest BCUT2D eigenvalue weighted by atomic mass is 19.3. The molecule has 0 heterocycles. The van der Waals surface area contributed by atoms with E-state index in [1.54, 1.807) is 7.11 Å². The van der Waals surface area contributed by atoms with E-state index in [1.807, 2.05) is 24.3 Å². The summed E-state index contributed by atoms with van der Waals surface area (Å²) in [6.07, 6.45) is 0.658. The Hall–Kier alpha value is -1.20. The Morgan fingerprint density at radius 2 is 1.94 bits per heavy atom. The molecule has 0 fully saturated rings. The minimum Gasteiger partial charge on any atom is -0.497 e. The van der Waals surface area contributed by atoms with E-state index < -0.39 is 19.1 Å². The quantitative estimate of drug-likeness (QED) is 0.714. The van der Waals surface area contributed by atoms with Crippen LogP contribution < -0.4 is 10.1 Å². The Bertz CT molecular complexity index is 328. The molecule has 0 aliphatic heterocycles. The number of nitrogens with one attached hydrogen (secondary N) is 1. The Balaban J connectivity index is 2.26. The van der Waals surface area contributed by atoms with Crippen LogP contribution in [0.1, 0.15) is 5.56 Å². The minimum absolute atomic E-state index is 0.446. The predicted octanol–water partition coefficient (Wildman–Crippen LogP) is 1.45. The zero-order chi connectivity index (χ0) is 12.7. The van der Waals surface area contributed by atoms with Crippen LogP contribution in [-0.2, 0) is 6.42 Å². The molecule has 0 bridgehead atoms. The van der Waals surface area contributed by atoms with Crippen molar-refractivity contribution in [1.29, 1.82) is 0 Å². The van der Waals surface area contributed by atoms with Crippen molar-refractivity contribution in [3.63, 3.8) is 0 Å². The molecular weight excluding hydrogens is 228 g/mol. The summed E-state index contributed by atoms with van der Waals surface area (Å²) in [5.74, 6) is -2.27. The van der Waals surface area contributed by atoms with Crippen molar-refractivity contribution < 1.29 is 18.6 Å². The van der Waals surface area contributed by atoms with Gasteiger partial charge in [-0.3, -0.25) is 0 Å². The van der Waals surface area contributed by atoms with E-state index in [2.05, 4.69) is 5.32 Å². The van der Waals surface area contributed by atoms with Crippen LogP contribution in [0.25, 0.3) is 0 Å². The van der Waals surface area contributed by atoms with Crippen LogP contribution in [0.3, 0.4) is 0 Å². The Kier molecular flexibility index (Phi) is 5.31. The second kappa shape index (κ2) is 6.51. The van der Waals surface area contributed by atoms with Gasteiger partial charge >= 0.3 is 0 Å². The first-order valence-electron chi connectivity index (χ1n) is 5.40. The van der Waals surface area contributed by atoms with Gasteiger partial charge in [0.15, 0.2) is 0 Å². The third kappa shape index (κ3) is 5.10. The van der Waals surface area contributed by atoms with E-state index in [9.17, 15) is 8.78 Å². The first kappa shape index (κ1) is 13.9. The largest absolute Gasteiger partial charge is 0.497 e. The number of aliphatic hydroxyl groups is 1. The second-order valence-electron chi connectivity index (χ2n) is 3.79. The van der Waals surface area contributed by atoms with Gasteiger partial charge in [-0.25, -0.2) is 8.78 Å². The standard InChI is InChI=1S/C12H17F2NO2/c1-17-11-4-2-10(3-5-11)6-7-15-8-12(13,14)9-16/h2-5,15-16H,6-9H2,1H3. The van der Waals surface area contributed by atoms with Crippen molar-refractivity contribution in [2.24, 2.45) is 0 Å². The van der Waals surface area contributed by atoms with Gasteiger partial charge in [-0.05, 0) is 30.7 Å². The lowest BCUT2D eigenvalue weighted by Gasteiger charge is -2.13. The molecule has 1 rings (SSSR count). The molecule has 0 aliphatic rings. The fourth-order valence-electron chi connectivity index (χ4n) is 1.35. The summed E-state index contributed by atoms with van der Waals surface area (Å²) < 4.78 is 30.3. The highest BCUT2D eigenvalue weighted by Crippen LogP contribution is 2.12. The van der Waals surface area contributed by atoms with Crippen molar-refractivity contribution >= 4 is 0 Å². The normalized spacial score (nSPS) is 11.5. The van der Waals surface area contributed by atoms with Crippen molar-refractivity contribution in [1.82, 2.24) is 5.32 Å². The Morgan fingerprint density at radius 1 is 1.29 bits per heavy atom. The maximum absolute atomic E-state index is 12.6. The van der Waals surface area contributed by atoms with Crippen molar-refractivity contribution in [2.75, 3.05) is 26.8 Å². The summed E-state index contributed by atoms with van der Waals surface area (Å²) in [6.45, 7) is -1.18. The van der Waals surface area contributed by atoms with Gasteiger partial charge in [0.05, 0.1) is 13.7 Å². The van der Waals surface area contributed by atoms with Gasteiger partial charge in [-0.15, -0.1) is 0 Å². The highest BCUT2D eigenvalue weighted by molar-refractivity contribution is 5.27. The molecule has 2 N–H and O–H groups in total. The van der Waals surface area contributed by atoms with Gasteiger partial charge in [0, 0.05) is 0 Å². The number of halogens is 2. The van der Waals surface area contributed by atoms with E-state index in [4.69, 9.17) is 9.84 Å². The van der Waals surface area contributed by atoms with Crippen LogP contribution >= 0.6 is 0 Å². The molecule has 0 aliphatic carbocycles. The molecule has 0 amide bonds. The molecule has 0 radical (unpaired) electrons. The lowest BCUT2D eigenvalue weighted by Crippen LogP contribution is -2.36. The SMILES string of the molecule is COc1ccc(CCNCC(F)(F)CO)cc1. The Labute approximate surface area is 99.4 Å². The zero-order valence-corrected chi connectivity index (χ0v) is 9.75. The summed E-state index contributed by atoms with van der Waals surface area (Å²) >= 11 is 0. The number of alkyl halides is 2. The van der Waals surface area contributed by atoms with Crippen LogP contribution in [0.2, 0.25) is 0 Å². The monoisotopic (exact) mass is 245 g/mol. The lowest BCUT2D eigenvalue weighted by molar-refractivity contribution is -0.0473. The molecule has 17 heavy (non-hydrogen) atoms. The van der Waals surface area contributed by atoms with E-state index >= 15 is 0 Å². The summed E-state index contributed by atoms with van der Waals surface area (Å²) in [5.41, 5.74) is 1.05. The summed E-state index contributed by atoms with van der Waals surface area (Å²) in [7, 11) is 1.59. The molecule has 5 heteroatoms. The number of hydrogen-bond acceptors (Lipinski definition) is 3. The van der Waals surface area contributed by atoms with Crippen molar-refractivity contribution in [3.8, 4) is 5.75 Å². The molecular formula is C12H17F2NO2. The molecule has 0 saturated carbocycles. The molecule has 1 aromatic rings. The van der Waals surface area contributed by atoms with E-state index in [0.29, 0.717) is 13.0 Å². The van der Waals surface area contributed by atoms with Gasteiger partial charge in [-0.2, -0.15) is 0 Å². The van der Waals surface area contributed by atoms with Gasteiger partial charge < -0.3 is 15.2 Å². The topological polar surface area (TPSA) is 41.5 Å². The maximum atomic E-state index is 12.6. The second-order valence-corrected chi connectivity index (χ2v) is 3.79. The van der Waals surface area contributed by atoms with Crippen LogP contribution in [0, 0.1) is 0 Å². The molecule has 96 valence electrons. The number of methoxy groups -OCH3 is 1. The third-order valence-electron chi connectivity index (χ3n) is 2.36. The smallest absolute Gasteiger partial charge is 0.282 e. The minimum atomic E-state index is -3.04. The van der Waals surface area contributed by atoms with Crippen molar-refractivity contribution in [3.05, 3.63) is 29.8 Å². The maximum Gasteiger partial charge on any atom is 0.282 e. The van der Waals surface area contributed by atoms with Crippen LogP contribution in [0.5, 0.6) is 5.75 Å². The lowest BCUT2D eigenvalue weighted by atomic mass is 10.1. The molecule has 0 unspecified atom stereocenters.